The summed E-state index contributed by atoms with van der Waals surface area (Å²) in [7, 11) is 1.73. The Kier molecular flexibility index (Phi) is 2.60. The van der Waals surface area contributed by atoms with Gasteiger partial charge in [0, 0.05) is 18.3 Å². The van der Waals surface area contributed by atoms with Gasteiger partial charge >= 0.3 is 6.03 Å². The van der Waals surface area contributed by atoms with Crippen molar-refractivity contribution in [2.24, 2.45) is 5.10 Å². The minimum Gasteiger partial charge on any atom is -0.321 e. The third-order valence-corrected chi connectivity index (χ3v) is 2.38. The number of carbonyl (C=O) groups excluding carboxylic acids is 1. The summed E-state index contributed by atoms with van der Waals surface area (Å²) < 4.78 is 0. The van der Waals surface area contributed by atoms with Crippen LogP contribution >= 0.6 is 11.6 Å². The van der Waals surface area contributed by atoms with Crippen molar-refractivity contribution in [2.75, 3.05) is 18.6 Å². The Labute approximate surface area is 92.7 Å². The maximum absolute atomic E-state index is 11.7. The Bertz CT molecular complexity index is 402. The minimum atomic E-state index is -0.139. The lowest BCUT2D eigenvalue weighted by Gasteiger charge is -2.26. The van der Waals surface area contributed by atoms with Gasteiger partial charge in [-0.2, -0.15) is 10.1 Å². The summed E-state index contributed by atoms with van der Waals surface area (Å²) in [5.41, 5.74) is 0.715. The predicted molar refractivity (Wildman–Crippen MR) is 60.4 cm³/mol. The minimum absolute atomic E-state index is 0.139. The molecule has 0 fully saturated rings. The molecule has 78 valence electrons. The average Bonchev–Trinajstić information content (AvgIpc) is 2.24. The molecule has 1 aromatic rings. The lowest BCUT2D eigenvalue weighted by molar-refractivity contribution is 0.219. The highest BCUT2D eigenvalue weighted by Crippen LogP contribution is 2.20. The molecule has 5 heteroatoms. The number of anilines is 1. The monoisotopic (exact) mass is 223 g/mol. The van der Waals surface area contributed by atoms with E-state index in [2.05, 4.69) is 5.10 Å². The van der Waals surface area contributed by atoms with Crippen LogP contribution in [0.4, 0.5) is 10.5 Å². The number of amides is 2. The molecule has 0 radical (unpaired) electrons. The molecule has 0 saturated carbocycles. The first-order chi connectivity index (χ1) is 7.18. The number of hydrazone groups is 1. The van der Waals surface area contributed by atoms with Gasteiger partial charge in [0.25, 0.3) is 0 Å². The molecule has 4 nitrogen and oxygen atoms in total. The second-order valence-electron chi connectivity index (χ2n) is 3.25. The van der Waals surface area contributed by atoms with Crippen molar-refractivity contribution in [1.29, 1.82) is 0 Å². The van der Waals surface area contributed by atoms with Crippen molar-refractivity contribution in [3.8, 4) is 0 Å². The SMILES string of the molecule is CN1CC=NN(c2ccc(Cl)cc2)C1=O. The molecule has 1 aliphatic rings. The van der Waals surface area contributed by atoms with Crippen LogP contribution in [0.1, 0.15) is 0 Å². The van der Waals surface area contributed by atoms with Crippen molar-refractivity contribution in [3.05, 3.63) is 29.3 Å². The largest absolute Gasteiger partial charge is 0.345 e. The zero-order valence-electron chi connectivity index (χ0n) is 8.22. The van der Waals surface area contributed by atoms with Gasteiger partial charge in [-0.1, -0.05) is 11.6 Å². The van der Waals surface area contributed by atoms with Gasteiger partial charge in [-0.05, 0) is 24.3 Å². The fourth-order valence-corrected chi connectivity index (χ4v) is 1.42. The molecule has 0 unspecified atom stereocenters. The zero-order chi connectivity index (χ0) is 10.8. The Hall–Kier alpha value is -1.55. The van der Waals surface area contributed by atoms with E-state index in [9.17, 15) is 4.79 Å². The van der Waals surface area contributed by atoms with Crippen LogP contribution in [-0.2, 0) is 0 Å². The van der Waals surface area contributed by atoms with E-state index < -0.39 is 0 Å². The molecule has 0 spiro atoms. The molecule has 15 heavy (non-hydrogen) atoms. The summed E-state index contributed by atoms with van der Waals surface area (Å²) in [6, 6.07) is 6.84. The molecule has 0 atom stereocenters. The van der Waals surface area contributed by atoms with Gasteiger partial charge in [-0.15, -0.1) is 0 Å². The Morgan fingerprint density at radius 3 is 2.67 bits per heavy atom. The van der Waals surface area contributed by atoms with Gasteiger partial charge in [0.15, 0.2) is 0 Å². The topological polar surface area (TPSA) is 35.9 Å². The van der Waals surface area contributed by atoms with Crippen LogP contribution in [0, 0.1) is 0 Å². The Morgan fingerprint density at radius 1 is 1.33 bits per heavy atom. The van der Waals surface area contributed by atoms with E-state index in [1.54, 1.807) is 42.4 Å². The van der Waals surface area contributed by atoms with Crippen LogP contribution in [-0.4, -0.2) is 30.7 Å². The summed E-state index contributed by atoms with van der Waals surface area (Å²) in [5.74, 6) is 0. The number of urea groups is 1. The summed E-state index contributed by atoms with van der Waals surface area (Å²) >= 11 is 5.76. The molecule has 0 bridgehead atoms. The number of carbonyl (C=O) groups is 1. The van der Waals surface area contributed by atoms with Crippen molar-refractivity contribution in [2.45, 2.75) is 0 Å². The fraction of sp³-hybridized carbons (Fsp3) is 0.200. The molecule has 2 rings (SSSR count). The molecular formula is C10H10ClN3O. The quantitative estimate of drug-likeness (QED) is 0.719. The summed E-state index contributed by atoms with van der Waals surface area (Å²) in [6.45, 7) is 0.545. The van der Waals surface area contributed by atoms with Crippen molar-refractivity contribution in [1.82, 2.24) is 4.90 Å². The predicted octanol–water partition coefficient (Wildman–Crippen LogP) is 2.20. The number of rotatable bonds is 1. The van der Waals surface area contributed by atoms with Crippen LogP contribution in [0.5, 0.6) is 0 Å². The highest BCUT2D eigenvalue weighted by molar-refractivity contribution is 6.30. The van der Waals surface area contributed by atoms with Crippen LogP contribution in [0.25, 0.3) is 0 Å². The standard InChI is InChI=1S/C10H10ClN3O/c1-13-7-6-12-14(10(13)15)9-4-2-8(11)3-5-9/h2-6H,7H2,1H3. The highest BCUT2D eigenvalue weighted by atomic mass is 35.5. The maximum Gasteiger partial charge on any atom is 0.345 e. The van der Waals surface area contributed by atoms with Crippen molar-refractivity contribution < 1.29 is 4.79 Å². The number of nitrogens with zero attached hydrogens (tertiary/aromatic N) is 3. The zero-order valence-corrected chi connectivity index (χ0v) is 8.98. The van der Waals surface area contributed by atoms with E-state index in [4.69, 9.17) is 11.6 Å². The molecule has 1 heterocycles. The number of hydrogen-bond donors (Lipinski definition) is 0. The lowest BCUT2D eigenvalue weighted by Crippen LogP contribution is -2.43. The smallest absolute Gasteiger partial charge is 0.321 e. The Morgan fingerprint density at radius 2 is 2.00 bits per heavy atom. The molecule has 1 aromatic carbocycles. The van der Waals surface area contributed by atoms with Gasteiger partial charge in [0.1, 0.15) is 0 Å². The molecule has 0 aromatic heterocycles. The van der Waals surface area contributed by atoms with Crippen LogP contribution in [0.2, 0.25) is 5.02 Å². The van der Waals surface area contributed by atoms with E-state index in [1.165, 1.54) is 5.01 Å². The number of benzene rings is 1. The van der Waals surface area contributed by atoms with Crippen LogP contribution < -0.4 is 5.01 Å². The van der Waals surface area contributed by atoms with Gasteiger partial charge in [0.2, 0.25) is 0 Å². The molecule has 0 N–H and O–H groups in total. The lowest BCUT2D eigenvalue weighted by atomic mass is 10.3. The highest BCUT2D eigenvalue weighted by Gasteiger charge is 2.21. The molecule has 0 saturated heterocycles. The number of hydrogen-bond acceptors (Lipinski definition) is 2. The van der Waals surface area contributed by atoms with Crippen molar-refractivity contribution >= 4 is 29.5 Å². The molecule has 1 aliphatic heterocycles. The van der Waals surface area contributed by atoms with Gasteiger partial charge in [-0.3, -0.25) is 0 Å². The van der Waals surface area contributed by atoms with E-state index in [-0.39, 0.29) is 6.03 Å². The third kappa shape index (κ3) is 1.94. The van der Waals surface area contributed by atoms with Gasteiger partial charge in [0.05, 0.1) is 12.2 Å². The van der Waals surface area contributed by atoms with Crippen molar-refractivity contribution in [3.63, 3.8) is 0 Å². The van der Waals surface area contributed by atoms with Gasteiger partial charge < -0.3 is 4.90 Å². The second-order valence-corrected chi connectivity index (χ2v) is 3.69. The molecular weight excluding hydrogens is 214 g/mol. The first kappa shape index (κ1) is 9.98. The normalized spacial score (nSPS) is 16.0. The first-order valence-electron chi connectivity index (χ1n) is 4.52. The molecule has 2 amide bonds. The van der Waals surface area contributed by atoms with Crippen LogP contribution in [0.3, 0.4) is 0 Å². The first-order valence-corrected chi connectivity index (χ1v) is 4.89. The van der Waals surface area contributed by atoms with E-state index in [0.29, 0.717) is 17.3 Å². The Balaban J connectivity index is 2.30. The second kappa shape index (κ2) is 3.90. The third-order valence-electron chi connectivity index (χ3n) is 2.13. The summed E-state index contributed by atoms with van der Waals surface area (Å²) in [6.07, 6.45) is 1.69. The maximum atomic E-state index is 11.7. The summed E-state index contributed by atoms with van der Waals surface area (Å²) in [4.78, 5) is 13.3. The fourth-order valence-electron chi connectivity index (χ4n) is 1.29. The van der Waals surface area contributed by atoms with Gasteiger partial charge in [-0.25, -0.2) is 4.79 Å². The van der Waals surface area contributed by atoms with E-state index in [0.717, 1.165) is 0 Å². The molecule has 0 aliphatic carbocycles. The van der Waals surface area contributed by atoms with Crippen LogP contribution in [0.15, 0.2) is 29.4 Å². The number of halogens is 1. The van der Waals surface area contributed by atoms with E-state index in [1.807, 2.05) is 0 Å². The summed E-state index contributed by atoms with van der Waals surface area (Å²) in [5, 5.41) is 6.02. The average molecular weight is 224 g/mol. The van der Waals surface area contributed by atoms with E-state index >= 15 is 0 Å².